The summed E-state index contributed by atoms with van der Waals surface area (Å²) >= 11 is 10.9. The maximum absolute atomic E-state index is 13.8. The first-order chi connectivity index (χ1) is 18.3. The van der Waals surface area contributed by atoms with Gasteiger partial charge in [0.25, 0.3) is 11.5 Å². The van der Waals surface area contributed by atoms with Crippen LogP contribution in [0.4, 0.5) is 0 Å². The zero-order valence-electron chi connectivity index (χ0n) is 21.1. The van der Waals surface area contributed by atoms with Gasteiger partial charge < -0.3 is 9.32 Å². The highest BCUT2D eigenvalue weighted by atomic mass is 79.9. The van der Waals surface area contributed by atoms with Gasteiger partial charge in [0.05, 0.1) is 21.8 Å². The number of halogens is 2. The smallest absolute Gasteiger partial charge is 0.271 e. The number of carbonyl (C=O) groups is 1. The van der Waals surface area contributed by atoms with Crippen molar-refractivity contribution in [2.24, 2.45) is 4.99 Å². The van der Waals surface area contributed by atoms with Gasteiger partial charge in [-0.3, -0.25) is 14.2 Å². The second-order valence-corrected chi connectivity index (χ2v) is 11.2. The summed E-state index contributed by atoms with van der Waals surface area (Å²) in [5, 5.41) is 0.581. The van der Waals surface area contributed by atoms with E-state index < -0.39 is 6.04 Å². The quantitative estimate of drug-likeness (QED) is 0.278. The highest BCUT2D eigenvalue weighted by Gasteiger charge is 2.34. The summed E-state index contributed by atoms with van der Waals surface area (Å²) in [6.45, 7) is 6.82. The molecule has 0 spiro atoms. The Labute approximate surface area is 237 Å². The maximum Gasteiger partial charge on any atom is 0.271 e. The molecule has 3 heterocycles. The Balaban J connectivity index is 1.64. The normalized spacial score (nSPS) is 15.4. The minimum absolute atomic E-state index is 0.129. The van der Waals surface area contributed by atoms with Crippen LogP contribution in [-0.4, -0.2) is 28.5 Å². The molecule has 1 atom stereocenters. The SMILES string of the molecule is CCN(CC)C(=O)C1=C(C)N=c2s/c(=C/c3ccc(-c4ccc(Br)cc4)o3)c(=O)n2[C@@H]1c1ccc(Cl)cc1. The van der Waals surface area contributed by atoms with Gasteiger partial charge in [-0.15, -0.1) is 0 Å². The van der Waals surface area contributed by atoms with Gasteiger partial charge in [0.15, 0.2) is 4.80 Å². The summed E-state index contributed by atoms with van der Waals surface area (Å²) in [5.41, 5.74) is 2.60. The number of rotatable bonds is 6. The van der Waals surface area contributed by atoms with Crippen LogP contribution in [0.25, 0.3) is 17.4 Å². The van der Waals surface area contributed by atoms with E-state index in [2.05, 4.69) is 15.9 Å². The molecule has 6 nitrogen and oxygen atoms in total. The number of amides is 1. The number of aromatic nitrogens is 1. The molecule has 1 aliphatic heterocycles. The van der Waals surface area contributed by atoms with E-state index in [0.717, 1.165) is 15.6 Å². The molecular formula is C29H25BrClN3O3S. The topological polar surface area (TPSA) is 67.8 Å². The number of allylic oxidation sites excluding steroid dienone is 1. The molecule has 0 aliphatic carbocycles. The summed E-state index contributed by atoms with van der Waals surface area (Å²) in [7, 11) is 0. The maximum atomic E-state index is 13.8. The summed E-state index contributed by atoms with van der Waals surface area (Å²) in [6, 6.07) is 18.2. The number of carbonyl (C=O) groups excluding carboxylic acids is 1. The Kier molecular flexibility index (Phi) is 7.56. The Bertz CT molecular complexity index is 1710. The summed E-state index contributed by atoms with van der Waals surface area (Å²) < 4.78 is 9.11. The molecule has 9 heteroatoms. The van der Waals surface area contributed by atoms with Crippen LogP contribution in [0.15, 0.2) is 90.6 Å². The molecule has 194 valence electrons. The molecule has 0 radical (unpaired) electrons. The van der Waals surface area contributed by atoms with Crippen LogP contribution in [0.3, 0.4) is 0 Å². The molecule has 38 heavy (non-hydrogen) atoms. The second kappa shape index (κ2) is 10.9. The van der Waals surface area contributed by atoms with Crippen molar-refractivity contribution in [2.75, 3.05) is 13.1 Å². The molecule has 1 amide bonds. The van der Waals surface area contributed by atoms with Crippen LogP contribution >= 0.6 is 38.9 Å². The van der Waals surface area contributed by atoms with E-state index in [0.29, 0.717) is 50.2 Å². The largest absolute Gasteiger partial charge is 0.457 e. The predicted molar refractivity (Wildman–Crippen MR) is 155 cm³/mol. The summed E-state index contributed by atoms with van der Waals surface area (Å²) in [6.07, 6.45) is 1.73. The van der Waals surface area contributed by atoms with E-state index in [1.165, 1.54) is 11.3 Å². The predicted octanol–water partition coefficient (Wildman–Crippen LogP) is 5.78. The number of likely N-dealkylation sites (N-methyl/N-ethyl adjacent to an activating group) is 1. The standard InChI is InChI=1S/C29H25BrClN3O3S/c1-4-33(5-2)28(36)25-17(3)32-29-34(26(25)19-8-12-21(31)13-9-19)27(35)24(38-29)16-22-14-15-23(37-22)18-6-10-20(30)11-7-18/h6-16,26H,4-5H2,1-3H3/b24-16+/t26-/m1/s1. The molecule has 0 fully saturated rings. The molecule has 0 saturated carbocycles. The molecule has 0 N–H and O–H groups in total. The van der Waals surface area contributed by atoms with Gasteiger partial charge in [-0.1, -0.05) is 63.1 Å². The van der Waals surface area contributed by atoms with Gasteiger partial charge in [0.1, 0.15) is 11.5 Å². The monoisotopic (exact) mass is 609 g/mol. The molecule has 2 aromatic heterocycles. The highest BCUT2D eigenvalue weighted by molar-refractivity contribution is 9.10. The zero-order valence-corrected chi connectivity index (χ0v) is 24.2. The molecule has 0 bridgehead atoms. The van der Waals surface area contributed by atoms with E-state index in [1.54, 1.807) is 27.7 Å². The van der Waals surface area contributed by atoms with Crippen molar-refractivity contribution in [2.45, 2.75) is 26.8 Å². The van der Waals surface area contributed by atoms with Crippen molar-refractivity contribution in [3.63, 3.8) is 0 Å². The average molecular weight is 611 g/mol. The lowest BCUT2D eigenvalue weighted by atomic mass is 9.94. The van der Waals surface area contributed by atoms with Crippen LogP contribution in [0.5, 0.6) is 0 Å². The highest BCUT2D eigenvalue weighted by Crippen LogP contribution is 2.32. The minimum atomic E-state index is -0.617. The average Bonchev–Trinajstić information content (AvgIpc) is 3.49. The van der Waals surface area contributed by atoms with Crippen molar-refractivity contribution >= 4 is 50.9 Å². The molecule has 4 aromatic rings. The Hall–Kier alpha value is -3.20. The van der Waals surface area contributed by atoms with Gasteiger partial charge in [-0.2, -0.15) is 0 Å². The number of furan rings is 1. The number of hydrogen-bond donors (Lipinski definition) is 0. The Morgan fingerprint density at radius 1 is 1.11 bits per heavy atom. The first kappa shape index (κ1) is 26.4. The fourth-order valence-electron chi connectivity index (χ4n) is 4.57. The summed E-state index contributed by atoms with van der Waals surface area (Å²) in [4.78, 5) is 34.5. The molecule has 0 saturated heterocycles. The lowest BCUT2D eigenvalue weighted by molar-refractivity contribution is -0.127. The Morgan fingerprint density at radius 3 is 2.45 bits per heavy atom. The Morgan fingerprint density at radius 2 is 1.79 bits per heavy atom. The lowest BCUT2D eigenvalue weighted by Gasteiger charge is -2.29. The van der Waals surface area contributed by atoms with Crippen molar-refractivity contribution in [1.29, 1.82) is 0 Å². The van der Waals surface area contributed by atoms with Crippen LogP contribution in [0.2, 0.25) is 5.02 Å². The number of hydrogen-bond acceptors (Lipinski definition) is 5. The van der Waals surface area contributed by atoms with E-state index in [4.69, 9.17) is 21.0 Å². The fourth-order valence-corrected chi connectivity index (χ4v) is 5.98. The lowest BCUT2D eigenvalue weighted by Crippen LogP contribution is -2.43. The fraction of sp³-hybridized carbons (Fsp3) is 0.207. The van der Waals surface area contributed by atoms with Crippen LogP contribution in [-0.2, 0) is 4.79 Å². The van der Waals surface area contributed by atoms with Gasteiger partial charge in [0, 0.05) is 34.2 Å². The van der Waals surface area contributed by atoms with Gasteiger partial charge in [-0.25, -0.2) is 4.99 Å². The number of benzene rings is 2. The van der Waals surface area contributed by atoms with Gasteiger partial charge in [0.2, 0.25) is 0 Å². The molecule has 2 aromatic carbocycles. The molecular weight excluding hydrogens is 586 g/mol. The van der Waals surface area contributed by atoms with Crippen LogP contribution in [0, 0.1) is 0 Å². The third-order valence-corrected chi connectivity index (χ3v) is 8.28. The molecule has 1 aliphatic rings. The number of nitrogens with zero attached hydrogens (tertiary/aromatic N) is 3. The van der Waals surface area contributed by atoms with E-state index in [1.807, 2.05) is 69.3 Å². The van der Waals surface area contributed by atoms with E-state index in [9.17, 15) is 9.59 Å². The first-order valence-electron chi connectivity index (χ1n) is 12.2. The van der Waals surface area contributed by atoms with Crippen molar-refractivity contribution in [3.05, 3.63) is 112 Å². The molecule has 0 unspecified atom stereocenters. The minimum Gasteiger partial charge on any atom is -0.457 e. The summed E-state index contributed by atoms with van der Waals surface area (Å²) in [5.74, 6) is 1.14. The van der Waals surface area contributed by atoms with Gasteiger partial charge >= 0.3 is 0 Å². The van der Waals surface area contributed by atoms with Crippen molar-refractivity contribution in [1.82, 2.24) is 9.47 Å². The van der Waals surface area contributed by atoms with Crippen LogP contribution in [0.1, 0.15) is 38.1 Å². The van der Waals surface area contributed by atoms with E-state index in [-0.39, 0.29) is 11.5 Å². The number of thiazole rings is 1. The third kappa shape index (κ3) is 4.96. The van der Waals surface area contributed by atoms with Crippen molar-refractivity contribution in [3.8, 4) is 11.3 Å². The first-order valence-corrected chi connectivity index (χ1v) is 14.2. The van der Waals surface area contributed by atoms with Crippen molar-refractivity contribution < 1.29 is 9.21 Å². The third-order valence-electron chi connectivity index (χ3n) is 6.52. The second-order valence-electron chi connectivity index (χ2n) is 8.82. The molecule has 5 rings (SSSR count). The number of fused-ring (bicyclic) bond motifs is 1. The zero-order chi connectivity index (χ0) is 27.0. The van der Waals surface area contributed by atoms with E-state index >= 15 is 0 Å². The van der Waals surface area contributed by atoms with Gasteiger partial charge in [-0.05, 0) is 62.7 Å². The van der Waals surface area contributed by atoms with Crippen LogP contribution < -0.4 is 14.9 Å².